The predicted octanol–water partition coefficient (Wildman–Crippen LogP) is 2.84. The van der Waals surface area contributed by atoms with Crippen molar-refractivity contribution < 1.29 is 24.2 Å². The van der Waals surface area contributed by atoms with Crippen molar-refractivity contribution in [2.75, 3.05) is 13.2 Å². The van der Waals surface area contributed by atoms with Crippen LogP contribution >= 0.6 is 0 Å². The minimum atomic E-state index is -0.971. The lowest BCUT2D eigenvalue weighted by atomic mass is 10.0. The zero-order chi connectivity index (χ0) is 17.0. The van der Waals surface area contributed by atoms with Crippen molar-refractivity contribution in [3.05, 3.63) is 35.9 Å². The molecule has 1 N–H and O–H groups in total. The van der Waals surface area contributed by atoms with Crippen LogP contribution in [0.4, 0.5) is 4.79 Å². The van der Waals surface area contributed by atoms with Crippen molar-refractivity contribution in [2.45, 2.75) is 44.9 Å². The van der Waals surface area contributed by atoms with Gasteiger partial charge in [0.2, 0.25) is 0 Å². The highest BCUT2D eigenvalue weighted by Gasteiger charge is 2.39. The standard InChI is InChI=1S/C17H23NO5/c1-17(2,3)23-16(21)18-13(9-15(19)20)10-22-11-14(18)12-7-5-4-6-8-12/h4-8,13-14H,9-11H2,1-3H3,(H,19,20). The summed E-state index contributed by atoms with van der Waals surface area (Å²) in [6.07, 6.45) is -0.691. The number of morpholine rings is 1. The van der Waals surface area contributed by atoms with Gasteiger partial charge in [-0.3, -0.25) is 9.69 Å². The maximum atomic E-state index is 12.6. The van der Waals surface area contributed by atoms with Crippen molar-refractivity contribution >= 4 is 12.1 Å². The second-order valence-corrected chi connectivity index (χ2v) is 6.60. The highest BCUT2D eigenvalue weighted by atomic mass is 16.6. The third-order valence-corrected chi connectivity index (χ3v) is 3.51. The third-order valence-electron chi connectivity index (χ3n) is 3.51. The Hall–Kier alpha value is -2.08. The molecule has 2 atom stereocenters. The van der Waals surface area contributed by atoms with Crippen LogP contribution in [0.25, 0.3) is 0 Å². The molecular weight excluding hydrogens is 298 g/mol. The molecular formula is C17H23NO5. The molecule has 1 amide bonds. The Balaban J connectivity index is 2.31. The number of rotatable bonds is 3. The normalized spacial score (nSPS) is 21.8. The number of hydrogen-bond donors (Lipinski definition) is 1. The van der Waals surface area contributed by atoms with E-state index in [4.69, 9.17) is 14.6 Å². The van der Waals surface area contributed by atoms with Crippen molar-refractivity contribution in [1.29, 1.82) is 0 Å². The zero-order valence-corrected chi connectivity index (χ0v) is 13.7. The quantitative estimate of drug-likeness (QED) is 0.926. The SMILES string of the molecule is CC(C)(C)OC(=O)N1C(CC(=O)O)COCC1c1ccccc1. The van der Waals surface area contributed by atoms with Gasteiger partial charge in [-0.1, -0.05) is 30.3 Å². The fraction of sp³-hybridized carbons (Fsp3) is 0.529. The summed E-state index contributed by atoms with van der Waals surface area (Å²) in [5, 5.41) is 9.12. The summed E-state index contributed by atoms with van der Waals surface area (Å²) in [4.78, 5) is 25.3. The van der Waals surface area contributed by atoms with E-state index in [1.165, 1.54) is 4.90 Å². The van der Waals surface area contributed by atoms with E-state index < -0.39 is 23.7 Å². The predicted molar refractivity (Wildman–Crippen MR) is 84.1 cm³/mol. The number of carbonyl (C=O) groups is 2. The number of carbonyl (C=O) groups excluding carboxylic acids is 1. The lowest BCUT2D eigenvalue weighted by Gasteiger charge is -2.42. The summed E-state index contributed by atoms with van der Waals surface area (Å²) < 4.78 is 11.0. The van der Waals surface area contributed by atoms with E-state index in [1.54, 1.807) is 20.8 Å². The van der Waals surface area contributed by atoms with Crippen molar-refractivity contribution in [1.82, 2.24) is 4.90 Å². The number of ether oxygens (including phenoxy) is 2. The smallest absolute Gasteiger partial charge is 0.411 e. The van der Waals surface area contributed by atoms with Gasteiger partial charge in [0.05, 0.1) is 31.7 Å². The Labute approximate surface area is 136 Å². The summed E-state index contributed by atoms with van der Waals surface area (Å²) in [7, 11) is 0. The van der Waals surface area contributed by atoms with Gasteiger partial charge in [-0.15, -0.1) is 0 Å². The monoisotopic (exact) mass is 321 g/mol. The van der Waals surface area contributed by atoms with Crippen LogP contribution < -0.4 is 0 Å². The van der Waals surface area contributed by atoms with E-state index in [9.17, 15) is 9.59 Å². The lowest BCUT2D eigenvalue weighted by molar-refractivity contribution is -0.141. The van der Waals surface area contributed by atoms with Gasteiger partial charge in [0.15, 0.2) is 0 Å². The van der Waals surface area contributed by atoms with Crippen molar-refractivity contribution in [3.8, 4) is 0 Å². The first-order chi connectivity index (χ1) is 10.8. The van der Waals surface area contributed by atoms with Gasteiger partial charge >= 0.3 is 12.1 Å². The molecule has 0 radical (unpaired) electrons. The molecule has 0 aromatic heterocycles. The number of carboxylic acids is 1. The fourth-order valence-corrected chi connectivity index (χ4v) is 2.61. The molecule has 0 saturated carbocycles. The average Bonchev–Trinajstić information content (AvgIpc) is 2.45. The minimum Gasteiger partial charge on any atom is -0.481 e. The molecule has 1 aliphatic rings. The summed E-state index contributed by atoms with van der Waals surface area (Å²) in [6, 6.07) is 8.53. The fourth-order valence-electron chi connectivity index (χ4n) is 2.61. The Kier molecular flexibility index (Phi) is 5.26. The van der Waals surface area contributed by atoms with Crippen LogP contribution in [0.5, 0.6) is 0 Å². The van der Waals surface area contributed by atoms with Gasteiger partial charge in [-0.25, -0.2) is 4.79 Å². The molecule has 1 aromatic rings. The molecule has 2 rings (SSSR count). The summed E-state index contributed by atoms with van der Waals surface area (Å²) in [6.45, 7) is 5.87. The number of aliphatic carboxylic acids is 1. The van der Waals surface area contributed by atoms with E-state index in [0.717, 1.165) is 5.56 Å². The second-order valence-electron chi connectivity index (χ2n) is 6.60. The van der Waals surface area contributed by atoms with E-state index >= 15 is 0 Å². The molecule has 1 aromatic carbocycles. The Morgan fingerprint density at radius 3 is 2.48 bits per heavy atom. The van der Waals surface area contributed by atoms with Crippen molar-refractivity contribution in [3.63, 3.8) is 0 Å². The number of carboxylic acid groups (broad SMARTS) is 1. The molecule has 6 heteroatoms. The van der Waals surface area contributed by atoms with Gasteiger partial charge in [-0.2, -0.15) is 0 Å². The molecule has 23 heavy (non-hydrogen) atoms. The maximum absolute atomic E-state index is 12.6. The van der Waals surface area contributed by atoms with E-state index in [0.29, 0.717) is 6.61 Å². The molecule has 1 fully saturated rings. The first-order valence-corrected chi connectivity index (χ1v) is 7.64. The average molecular weight is 321 g/mol. The van der Waals surface area contributed by atoms with Crippen LogP contribution in [0, 0.1) is 0 Å². The molecule has 1 aliphatic heterocycles. The first kappa shape index (κ1) is 17.3. The topological polar surface area (TPSA) is 76.1 Å². The molecule has 2 unspecified atom stereocenters. The van der Waals surface area contributed by atoms with Gasteiger partial charge in [0.1, 0.15) is 5.60 Å². The highest BCUT2D eigenvalue weighted by molar-refractivity contribution is 5.72. The number of amides is 1. The lowest BCUT2D eigenvalue weighted by Crippen LogP contribution is -2.52. The molecule has 126 valence electrons. The molecule has 0 spiro atoms. The molecule has 1 heterocycles. The van der Waals surface area contributed by atoms with Crippen LogP contribution in [-0.2, 0) is 14.3 Å². The molecule has 0 aliphatic carbocycles. The molecule has 6 nitrogen and oxygen atoms in total. The Morgan fingerprint density at radius 2 is 1.91 bits per heavy atom. The largest absolute Gasteiger partial charge is 0.481 e. The van der Waals surface area contributed by atoms with E-state index in [2.05, 4.69) is 0 Å². The summed E-state index contributed by atoms with van der Waals surface area (Å²) in [5.74, 6) is -0.971. The highest BCUT2D eigenvalue weighted by Crippen LogP contribution is 2.30. The van der Waals surface area contributed by atoms with Crippen LogP contribution in [0.3, 0.4) is 0 Å². The zero-order valence-electron chi connectivity index (χ0n) is 13.7. The summed E-state index contributed by atoms with van der Waals surface area (Å²) in [5.41, 5.74) is 0.248. The van der Waals surface area contributed by atoms with Crippen LogP contribution in [0.1, 0.15) is 38.8 Å². The van der Waals surface area contributed by atoms with E-state index in [-0.39, 0.29) is 19.1 Å². The molecule has 1 saturated heterocycles. The van der Waals surface area contributed by atoms with Gasteiger partial charge in [0.25, 0.3) is 0 Å². The van der Waals surface area contributed by atoms with Gasteiger partial charge in [0, 0.05) is 0 Å². The minimum absolute atomic E-state index is 0.178. The van der Waals surface area contributed by atoms with E-state index in [1.807, 2.05) is 30.3 Å². The second kappa shape index (κ2) is 7.00. The van der Waals surface area contributed by atoms with Crippen LogP contribution in [-0.4, -0.2) is 46.9 Å². The van der Waals surface area contributed by atoms with Gasteiger partial charge < -0.3 is 14.6 Å². The Bertz CT molecular complexity index is 552. The summed E-state index contributed by atoms with van der Waals surface area (Å²) >= 11 is 0. The Morgan fingerprint density at radius 1 is 1.26 bits per heavy atom. The third kappa shape index (κ3) is 4.69. The van der Waals surface area contributed by atoms with Crippen LogP contribution in [0.15, 0.2) is 30.3 Å². The van der Waals surface area contributed by atoms with Crippen LogP contribution in [0.2, 0.25) is 0 Å². The number of hydrogen-bond acceptors (Lipinski definition) is 4. The van der Waals surface area contributed by atoms with Gasteiger partial charge in [-0.05, 0) is 26.3 Å². The number of nitrogens with zero attached hydrogens (tertiary/aromatic N) is 1. The molecule has 0 bridgehead atoms. The number of benzene rings is 1. The first-order valence-electron chi connectivity index (χ1n) is 7.64. The van der Waals surface area contributed by atoms with Crippen molar-refractivity contribution in [2.24, 2.45) is 0 Å². The maximum Gasteiger partial charge on any atom is 0.411 e.